The zero-order valence-corrected chi connectivity index (χ0v) is 17.3. The highest BCUT2D eigenvalue weighted by Crippen LogP contribution is 2.31. The zero-order chi connectivity index (χ0) is 20.8. The third-order valence-electron chi connectivity index (χ3n) is 4.80. The number of ether oxygens (including phenoxy) is 3. The van der Waals surface area contributed by atoms with Gasteiger partial charge >= 0.3 is 0 Å². The summed E-state index contributed by atoms with van der Waals surface area (Å²) in [4.78, 5) is 0. The Morgan fingerprint density at radius 3 is 2.59 bits per heavy atom. The van der Waals surface area contributed by atoms with Gasteiger partial charge in [0, 0.05) is 6.54 Å². The van der Waals surface area contributed by atoms with Gasteiger partial charge in [-0.05, 0) is 56.1 Å². The van der Waals surface area contributed by atoms with Gasteiger partial charge < -0.3 is 29.2 Å². The minimum Gasteiger partial charge on any atom is -0.493 e. The van der Waals surface area contributed by atoms with Crippen LogP contribution in [-0.2, 0) is 6.42 Å². The lowest BCUT2D eigenvalue weighted by molar-refractivity contribution is 0.107. The summed E-state index contributed by atoms with van der Waals surface area (Å²) in [6, 6.07) is 9.68. The lowest BCUT2D eigenvalue weighted by Crippen LogP contribution is -2.32. The number of rotatable bonds is 10. The summed E-state index contributed by atoms with van der Waals surface area (Å²) in [5.41, 5.74) is 3.64. The van der Waals surface area contributed by atoms with Gasteiger partial charge in [0.05, 0.1) is 25.3 Å². The van der Waals surface area contributed by atoms with Crippen LogP contribution in [0.25, 0.3) is 11.0 Å². The van der Waals surface area contributed by atoms with E-state index in [0.717, 1.165) is 40.8 Å². The third kappa shape index (κ3) is 4.99. The Morgan fingerprint density at radius 2 is 1.83 bits per heavy atom. The Bertz CT molecular complexity index is 954. The molecule has 29 heavy (non-hydrogen) atoms. The van der Waals surface area contributed by atoms with Crippen LogP contribution in [-0.4, -0.2) is 50.3 Å². The van der Waals surface area contributed by atoms with Crippen molar-refractivity contribution in [2.24, 2.45) is 0 Å². The fourth-order valence-electron chi connectivity index (χ4n) is 3.19. The smallest absolute Gasteiger partial charge is 0.173 e. The molecule has 0 fully saturated rings. The van der Waals surface area contributed by atoms with Crippen LogP contribution < -0.4 is 19.5 Å². The van der Waals surface area contributed by atoms with E-state index < -0.39 is 6.10 Å². The number of aliphatic hydroxyl groups excluding tert-OH is 1. The van der Waals surface area contributed by atoms with Gasteiger partial charge in [-0.1, -0.05) is 17.3 Å². The topological polar surface area (TPSA) is 86.0 Å². The van der Waals surface area contributed by atoms with Crippen LogP contribution in [0.5, 0.6) is 17.2 Å². The molecule has 7 nitrogen and oxygen atoms in total. The van der Waals surface area contributed by atoms with E-state index in [0.29, 0.717) is 23.8 Å². The molecular formula is C22H28N2O5. The molecule has 0 spiro atoms. The van der Waals surface area contributed by atoms with Crippen molar-refractivity contribution in [3.8, 4) is 17.2 Å². The number of hydrogen-bond donors (Lipinski definition) is 2. The van der Waals surface area contributed by atoms with Gasteiger partial charge in [-0.2, -0.15) is 0 Å². The predicted octanol–water partition coefficient (Wildman–Crippen LogP) is 3.03. The van der Waals surface area contributed by atoms with Crippen LogP contribution in [0.3, 0.4) is 0 Å². The minimum atomic E-state index is -0.628. The molecular weight excluding hydrogens is 372 g/mol. The maximum absolute atomic E-state index is 10.2. The molecule has 0 saturated heterocycles. The Labute approximate surface area is 170 Å². The number of aromatic nitrogens is 1. The predicted molar refractivity (Wildman–Crippen MR) is 111 cm³/mol. The zero-order valence-electron chi connectivity index (χ0n) is 17.3. The fourth-order valence-corrected chi connectivity index (χ4v) is 3.19. The Kier molecular flexibility index (Phi) is 6.95. The van der Waals surface area contributed by atoms with E-state index in [2.05, 4.69) is 10.5 Å². The second-order valence-corrected chi connectivity index (χ2v) is 6.96. The van der Waals surface area contributed by atoms with Gasteiger partial charge in [0.2, 0.25) is 0 Å². The van der Waals surface area contributed by atoms with Gasteiger partial charge in [-0.3, -0.25) is 0 Å². The van der Waals surface area contributed by atoms with Crippen LogP contribution in [0.2, 0.25) is 0 Å². The van der Waals surface area contributed by atoms with Crippen LogP contribution in [0.4, 0.5) is 0 Å². The highest BCUT2D eigenvalue weighted by Gasteiger charge is 2.14. The maximum Gasteiger partial charge on any atom is 0.173 e. The van der Waals surface area contributed by atoms with Crippen LogP contribution in [0.1, 0.15) is 16.8 Å². The number of aliphatic hydroxyl groups is 1. The number of fused-ring (bicyclic) bond motifs is 1. The van der Waals surface area contributed by atoms with Crippen molar-refractivity contribution in [2.75, 3.05) is 33.9 Å². The highest BCUT2D eigenvalue weighted by atomic mass is 16.5. The molecule has 0 saturated carbocycles. The molecule has 2 N–H and O–H groups in total. The molecule has 0 aliphatic heterocycles. The van der Waals surface area contributed by atoms with Crippen LogP contribution in [0, 0.1) is 13.8 Å². The van der Waals surface area contributed by atoms with E-state index in [9.17, 15) is 5.11 Å². The third-order valence-corrected chi connectivity index (χ3v) is 4.80. The maximum atomic E-state index is 10.2. The van der Waals surface area contributed by atoms with Gasteiger partial charge in [0.1, 0.15) is 18.5 Å². The summed E-state index contributed by atoms with van der Waals surface area (Å²) in [5, 5.41) is 18.4. The highest BCUT2D eigenvalue weighted by molar-refractivity contribution is 5.88. The van der Waals surface area contributed by atoms with Crippen molar-refractivity contribution in [2.45, 2.75) is 26.4 Å². The summed E-state index contributed by atoms with van der Waals surface area (Å²) in [6.07, 6.45) is 0.184. The summed E-state index contributed by atoms with van der Waals surface area (Å²) < 4.78 is 21.8. The van der Waals surface area contributed by atoms with Crippen LogP contribution >= 0.6 is 0 Å². The lowest BCUT2D eigenvalue weighted by Gasteiger charge is -2.14. The number of methoxy groups -OCH3 is 2. The van der Waals surface area contributed by atoms with Crippen molar-refractivity contribution in [3.63, 3.8) is 0 Å². The molecule has 1 aromatic heterocycles. The normalized spacial score (nSPS) is 12.2. The van der Waals surface area contributed by atoms with E-state index in [4.69, 9.17) is 18.7 Å². The fraction of sp³-hybridized carbons (Fsp3) is 0.409. The van der Waals surface area contributed by atoms with E-state index >= 15 is 0 Å². The average molecular weight is 400 g/mol. The number of nitrogens with one attached hydrogen (secondary N) is 1. The Balaban J connectivity index is 1.46. The molecule has 0 aliphatic rings. The first-order chi connectivity index (χ1) is 14.0. The van der Waals surface area contributed by atoms with Gasteiger partial charge in [0.25, 0.3) is 0 Å². The van der Waals surface area contributed by atoms with Gasteiger partial charge in [-0.15, -0.1) is 0 Å². The number of aryl methyl sites for hydroxylation is 2. The quantitative estimate of drug-likeness (QED) is 0.506. The largest absolute Gasteiger partial charge is 0.493 e. The number of benzene rings is 2. The molecule has 3 rings (SSSR count). The minimum absolute atomic E-state index is 0.187. The van der Waals surface area contributed by atoms with E-state index in [1.54, 1.807) is 14.2 Å². The first kappa shape index (κ1) is 21.0. The van der Waals surface area contributed by atoms with Crippen LogP contribution in [0.15, 0.2) is 34.9 Å². The molecule has 0 aliphatic carbocycles. The summed E-state index contributed by atoms with van der Waals surface area (Å²) in [6.45, 7) is 5.20. The summed E-state index contributed by atoms with van der Waals surface area (Å²) in [7, 11) is 3.24. The summed E-state index contributed by atoms with van der Waals surface area (Å²) in [5.74, 6) is 2.10. The molecule has 1 atom stereocenters. The molecule has 1 heterocycles. The molecule has 2 aromatic carbocycles. The first-order valence-corrected chi connectivity index (χ1v) is 9.61. The second-order valence-electron chi connectivity index (χ2n) is 6.96. The summed E-state index contributed by atoms with van der Waals surface area (Å²) >= 11 is 0. The van der Waals surface area contributed by atoms with Crippen molar-refractivity contribution in [1.29, 1.82) is 0 Å². The average Bonchev–Trinajstić information content (AvgIpc) is 3.13. The van der Waals surface area contributed by atoms with Gasteiger partial charge in [-0.25, -0.2) is 0 Å². The number of nitrogens with zero attached hydrogens (tertiary/aromatic N) is 1. The van der Waals surface area contributed by atoms with Crippen molar-refractivity contribution in [1.82, 2.24) is 10.5 Å². The molecule has 1 unspecified atom stereocenters. The van der Waals surface area contributed by atoms with Crippen molar-refractivity contribution in [3.05, 3.63) is 47.2 Å². The van der Waals surface area contributed by atoms with E-state index in [1.165, 1.54) is 0 Å². The first-order valence-electron chi connectivity index (χ1n) is 9.61. The molecule has 0 amide bonds. The molecule has 156 valence electrons. The monoisotopic (exact) mass is 400 g/mol. The Morgan fingerprint density at radius 1 is 1.07 bits per heavy atom. The molecule has 0 radical (unpaired) electrons. The SMILES string of the molecule is COc1ccc(CCNCC(O)COc2ccc(C)c3onc(C)c23)cc1OC. The van der Waals surface area contributed by atoms with Gasteiger partial charge in [0.15, 0.2) is 17.1 Å². The molecule has 0 bridgehead atoms. The lowest BCUT2D eigenvalue weighted by atomic mass is 10.1. The number of hydrogen-bond acceptors (Lipinski definition) is 7. The van der Waals surface area contributed by atoms with Crippen molar-refractivity contribution >= 4 is 11.0 Å². The van der Waals surface area contributed by atoms with Crippen molar-refractivity contribution < 1.29 is 23.8 Å². The second kappa shape index (κ2) is 9.62. The Hall–Kier alpha value is -2.77. The molecule has 7 heteroatoms. The van der Waals surface area contributed by atoms with E-state index in [1.807, 2.05) is 44.2 Å². The standard InChI is InChI=1S/C22H28N2O5/c1-14-5-7-19(21-15(2)24-29-22(14)21)28-13-17(25)12-23-10-9-16-6-8-18(26-3)20(11-16)27-4/h5-8,11,17,23,25H,9-10,12-13H2,1-4H3. The van der Waals surface area contributed by atoms with E-state index in [-0.39, 0.29) is 6.61 Å². The molecule has 3 aromatic rings.